The smallest absolute Gasteiger partial charge is 0.255 e. The molecule has 0 aromatic heterocycles. The lowest BCUT2D eigenvalue weighted by molar-refractivity contribution is -0.121. The number of benzene rings is 1. The van der Waals surface area contributed by atoms with Gasteiger partial charge in [-0.15, -0.1) is 0 Å². The van der Waals surface area contributed by atoms with Gasteiger partial charge in [-0.25, -0.2) is 0 Å². The lowest BCUT2D eigenvalue weighted by Gasteiger charge is -2.40. The molecule has 0 spiro atoms. The van der Waals surface area contributed by atoms with Crippen molar-refractivity contribution in [3.05, 3.63) is 22.7 Å². The second kappa shape index (κ2) is 9.78. The van der Waals surface area contributed by atoms with Crippen LogP contribution >= 0.6 is 11.6 Å². The summed E-state index contributed by atoms with van der Waals surface area (Å²) in [5.41, 5.74) is 6.53. The minimum atomic E-state index is -0.255. The molecule has 8 heteroatoms. The van der Waals surface area contributed by atoms with E-state index in [-0.39, 0.29) is 18.1 Å². The van der Waals surface area contributed by atoms with Crippen LogP contribution in [0.2, 0.25) is 5.02 Å². The van der Waals surface area contributed by atoms with Gasteiger partial charge in [0.25, 0.3) is 5.91 Å². The molecule has 2 atom stereocenters. The molecule has 29 heavy (non-hydrogen) atoms. The highest BCUT2D eigenvalue weighted by atomic mass is 35.5. The number of halogens is 1. The molecule has 1 amide bonds. The second-order valence-electron chi connectivity index (χ2n) is 7.96. The van der Waals surface area contributed by atoms with E-state index in [4.69, 9.17) is 26.8 Å². The van der Waals surface area contributed by atoms with Crippen LogP contribution in [0.25, 0.3) is 0 Å². The van der Waals surface area contributed by atoms with Crippen LogP contribution in [0.3, 0.4) is 0 Å². The molecular formula is C21H30ClN3O4. The molecule has 0 unspecified atom stereocenters. The number of anilines is 1. The van der Waals surface area contributed by atoms with E-state index in [1.807, 2.05) is 0 Å². The average molecular weight is 424 g/mol. The maximum absolute atomic E-state index is 12.9. The van der Waals surface area contributed by atoms with E-state index in [1.165, 1.54) is 13.2 Å². The quantitative estimate of drug-likeness (QED) is 0.683. The first-order chi connectivity index (χ1) is 13.9. The Kier molecular flexibility index (Phi) is 7.38. The third-order valence-electron chi connectivity index (χ3n) is 6.01. The number of carbonyl (C=O) groups excluding carboxylic acids is 2. The van der Waals surface area contributed by atoms with E-state index in [0.717, 1.165) is 38.9 Å². The normalized spacial score (nSPS) is 23.8. The number of amides is 1. The second-order valence-corrected chi connectivity index (χ2v) is 8.37. The number of nitrogens with zero attached hydrogens (tertiary/aromatic N) is 1. The summed E-state index contributed by atoms with van der Waals surface area (Å²) in [6.07, 6.45) is 4.05. The minimum Gasteiger partial charge on any atom is -0.496 e. The molecule has 0 radical (unpaired) electrons. The monoisotopic (exact) mass is 423 g/mol. The zero-order valence-electron chi connectivity index (χ0n) is 17.1. The molecule has 1 aromatic rings. The van der Waals surface area contributed by atoms with Crippen molar-refractivity contribution >= 4 is 29.0 Å². The summed E-state index contributed by atoms with van der Waals surface area (Å²) in [6.45, 7) is 2.62. The number of piperidine rings is 1. The third kappa shape index (κ3) is 5.41. The number of Topliss-reactive ketones (excluding diaryl/α,β-unsaturated/α-hetero) is 1. The number of hydrogen-bond acceptors (Lipinski definition) is 6. The van der Waals surface area contributed by atoms with Crippen LogP contribution in [-0.2, 0) is 9.53 Å². The number of methoxy groups -OCH3 is 2. The molecule has 2 aliphatic rings. The number of nitrogens with one attached hydrogen (secondary N) is 1. The van der Waals surface area contributed by atoms with Gasteiger partial charge in [0.2, 0.25) is 0 Å². The van der Waals surface area contributed by atoms with Gasteiger partial charge in [0.1, 0.15) is 11.5 Å². The van der Waals surface area contributed by atoms with Gasteiger partial charge in [-0.1, -0.05) is 11.6 Å². The fraction of sp³-hybridized carbons (Fsp3) is 0.619. The fourth-order valence-corrected chi connectivity index (χ4v) is 4.42. The van der Waals surface area contributed by atoms with Crippen LogP contribution in [0.5, 0.6) is 5.75 Å². The van der Waals surface area contributed by atoms with Crippen molar-refractivity contribution in [2.45, 2.75) is 44.2 Å². The van der Waals surface area contributed by atoms with Gasteiger partial charge in [0, 0.05) is 45.7 Å². The molecule has 0 bridgehead atoms. The number of carbonyl (C=O) groups is 2. The summed E-state index contributed by atoms with van der Waals surface area (Å²) in [4.78, 5) is 26.7. The number of ether oxygens (including phenoxy) is 2. The van der Waals surface area contributed by atoms with Crippen molar-refractivity contribution < 1.29 is 19.1 Å². The summed E-state index contributed by atoms with van der Waals surface area (Å²) in [5.74, 6) is 1.09. The first-order valence-electron chi connectivity index (χ1n) is 10.1. The molecule has 1 aliphatic carbocycles. The summed E-state index contributed by atoms with van der Waals surface area (Å²) in [5, 5.41) is 3.39. The molecule has 160 valence electrons. The molecule has 1 aliphatic heterocycles. The summed E-state index contributed by atoms with van der Waals surface area (Å²) in [7, 11) is 3.17. The summed E-state index contributed by atoms with van der Waals surface area (Å²) < 4.78 is 11.0. The lowest BCUT2D eigenvalue weighted by atomic mass is 9.87. The number of nitrogen functional groups attached to an aromatic ring is 1. The van der Waals surface area contributed by atoms with Crippen LogP contribution in [0.1, 0.15) is 42.5 Å². The molecule has 3 N–H and O–H groups in total. The molecule has 1 saturated heterocycles. The van der Waals surface area contributed by atoms with Crippen molar-refractivity contribution in [3.63, 3.8) is 0 Å². The van der Waals surface area contributed by atoms with Crippen molar-refractivity contribution in [2.75, 3.05) is 39.6 Å². The van der Waals surface area contributed by atoms with E-state index in [0.29, 0.717) is 46.6 Å². The van der Waals surface area contributed by atoms with Crippen molar-refractivity contribution in [1.82, 2.24) is 10.2 Å². The summed E-state index contributed by atoms with van der Waals surface area (Å²) >= 11 is 6.09. The van der Waals surface area contributed by atoms with E-state index in [1.54, 1.807) is 13.2 Å². The van der Waals surface area contributed by atoms with Crippen molar-refractivity contribution in [1.29, 1.82) is 0 Å². The zero-order chi connectivity index (χ0) is 21.0. The van der Waals surface area contributed by atoms with Gasteiger partial charge in [-0.2, -0.15) is 0 Å². The maximum Gasteiger partial charge on any atom is 0.255 e. The number of nitrogens with two attached hydrogens (primary N) is 1. The highest BCUT2D eigenvalue weighted by molar-refractivity contribution is 6.33. The van der Waals surface area contributed by atoms with Crippen LogP contribution in [0, 0.1) is 5.92 Å². The predicted molar refractivity (Wildman–Crippen MR) is 112 cm³/mol. The largest absolute Gasteiger partial charge is 0.496 e. The number of likely N-dealkylation sites (tertiary alicyclic amines) is 1. The highest BCUT2D eigenvalue weighted by Gasteiger charge is 2.32. The Hall–Kier alpha value is -1.83. The number of rotatable bonds is 6. The van der Waals surface area contributed by atoms with Gasteiger partial charge in [0.15, 0.2) is 0 Å². The first kappa shape index (κ1) is 21.9. The zero-order valence-corrected chi connectivity index (χ0v) is 17.8. The summed E-state index contributed by atoms with van der Waals surface area (Å²) in [6, 6.07) is 2.99. The Bertz CT molecular complexity index is 748. The molecular weight excluding hydrogens is 394 g/mol. The lowest BCUT2D eigenvalue weighted by Crippen LogP contribution is -2.55. The molecule has 1 saturated carbocycles. The van der Waals surface area contributed by atoms with Gasteiger partial charge in [-0.3, -0.25) is 9.59 Å². The maximum atomic E-state index is 12.9. The first-order valence-corrected chi connectivity index (χ1v) is 10.5. The predicted octanol–water partition coefficient (Wildman–Crippen LogP) is 2.51. The van der Waals surface area contributed by atoms with Crippen LogP contribution < -0.4 is 15.8 Å². The SMILES string of the molecule is COc1cc(N)c(Cl)cc1C(=O)N[C@@H]1CCN(CC2CCC(=O)CC2)C[C@@H]1OC. The van der Waals surface area contributed by atoms with Crippen LogP contribution in [-0.4, -0.2) is 62.6 Å². The molecule has 7 nitrogen and oxygen atoms in total. The Morgan fingerprint density at radius 1 is 1.28 bits per heavy atom. The van der Waals surface area contributed by atoms with E-state index in [9.17, 15) is 9.59 Å². The Labute approximate surface area is 176 Å². The van der Waals surface area contributed by atoms with E-state index < -0.39 is 0 Å². The molecule has 1 aromatic carbocycles. The average Bonchev–Trinajstić information content (AvgIpc) is 2.72. The third-order valence-corrected chi connectivity index (χ3v) is 6.33. The fourth-order valence-electron chi connectivity index (χ4n) is 4.26. The van der Waals surface area contributed by atoms with Gasteiger partial charge >= 0.3 is 0 Å². The van der Waals surface area contributed by atoms with Crippen LogP contribution in [0.15, 0.2) is 12.1 Å². The van der Waals surface area contributed by atoms with E-state index >= 15 is 0 Å². The molecule has 3 rings (SSSR count). The van der Waals surface area contributed by atoms with E-state index in [2.05, 4.69) is 10.2 Å². The topological polar surface area (TPSA) is 93.9 Å². The molecule has 1 heterocycles. The van der Waals surface area contributed by atoms with Gasteiger partial charge in [-0.05, 0) is 31.2 Å². The Balaban J connectivity index is 1.60. The number of ketones is 1. The van der Waals surface area contributed by atoms with Crippen molar-refractivity contribution in [2.24, 2.45) is 5.92 Å². The molecule has 2 fully saturated rings. The standard InChI is InChI=1S/C21H30ClN3O4/c1-28-19-10-17(23)16(22)9-15(19)21(27)24-18-7-8-25(12-20(18)29-2)11-13-3-5-14(26)6-4-13/h9-10,13,18,20H,3-8,11-12,23H2,1-2H3,(H,24,27)/t18-,20+/m1/s1. The Morgan fingerprint density at radius 2 is 2.00 bits per heavy atom. The number of hydrogen-bond donors (Lipinski definition) is 2. The van der Waals surface area contributed by atoms with Gasteiger partial charge in [0.05, 0.1) is 35.5 Å². The highest BCUT2D eigenvalue weighted by Crippen LogP contribution is 2.29. The van der Waals surface area contributed by atoms with Crippen molar-refractivity contribution in [3.8, 4) is 5.75 Å². The van der Waals surface area contributed by atoms with Gasteiger partial charge < -0.3 is 25.4 Å². The minimum absolute atomic E-state index is 0.0993. The van der Waals surface area contributed by atoms with Crippen LogP contribution in [0.4, 0.5) is 5.69 Å². The Morgan fingerprint density at radius 3 is 2.66 bits per heavy atom.